The predicted octanol–water partition coefficient (Wildman–Crippen LogP) is 3.06. The Morgan fingerprint density at radius 3 is 3.06 bits per heavy atom. The van der Waals surface area contributed by atoms with Crippen molar-refractivity contribution in [3.05, 3.63) is 29.3 Å². The van der Waals surface area contributed by atoms with Gasteiger partial charge < -0.3 is 10.8 Å². The van der Waals surface area contributed by atoms with Crippen LogP contribution in [0, 0.1) is 0 Å². The molecule has 0 aromatic heterocycles. The van der Waals surface area contributed by atoms with Crippen LogP contribution in [0.25, 0.3) is 0 Å². The second-order valence-corrected chi connectivity index (χ2v) is 6.62. The topological polar surface area (TPSA) is 46.2 Å². The van der Waals surface area contributed by atoms with Crippen LogP contribution in [0.1, 0.15) is 25.7 Å². The second-order valence-electron chi connectivity index (χ2n) is 4.81. The summed E-state index contributed by atoms with van der Waals surface area (Å²) in [6.07, 6.45) is 4.06. The van der Waals surface area contributed by atoms with Crippen LogP contribution in [0.5, 0.6) is 0 Å². The van der Waals surface area contributed by atoms with Crippen molar-refractivity contribution in [2.75, 3.05) is 6.61 Å². The molecule has 2 rings (SSSR count). The molecule has 1 fully saturated rings. The van der Waals surface area contributed by atoms with Gasteiger partial charge in [-0.05, 0) is 37.5 Å². The van der Waals surface area contributed by atoms with Crippen LogP contribution in [0.3, 0.4) is 0 Å². The molecule has 2 nitrogen and oxygen atoms in total. The first-order valence-electron chi connectivity index (χ1n) is 5.93. The van der Waals surface area contributed by atoms with Crippen LogP contribution in [0.4, 0.5) is 0 Å². The summed E-state index contributed by atoms with van der Waals surface area (Å²) >= 11 is 7.79. The third-order valence-corrected chi connectivity index (χ3v) is 4.75. The van der Waals surface area contributed by atoms with Crippen molar-refractivity contribution in [3.8, 4) is 0 Å². The van der Waals surface area contributed by atoms with Gasteiger partial charge in [0.2, 0.25) is 0 Å². The number of benzene rings is 1. The highest BCUT2D eigenvalue weighted by atomic mass is 35.5. The molecular formula is C13H18ClNOS. The lowest BCUT2D eigenvalue weighted by atomic mass is 9.83. The molecule has 2 atom stereocenters. The zero-order valence-electron chi connectivity index (χ0n) is 9.73. The zero-order valence-corrected chi connectivity index (χ0v) is 11.3. The molecule has 1 aliphatic rings. The first-order chi connectivity index (χ1) is 8.11. The van der Waals surface area contributed by atoms with Crippen molar-refractivity contribution in [2.24, 2.45) is 5.73 Å². The standard InChI is InChI=1S/C13H18ClNOS/c14-10-3-1-4-11(7-10)17-12-5-2-6-13(15,8-12)9-16/h1,3-4,7,12,16H,2,5-6,8-9,15H2. The molecule has 0 aliphatic heterocycles. The van der Waals surface area contributed by atoms with E-state index in [0.717, 1.165) is 30.7 Å². The van der Waals surface area contributed by atoms with Crippen LogP contribution < -0.4 is 5.73 Å². The van der Waals surface area contributed by atoms with Gasteiger partial charge in [0.05, 0.1) is 6.61 Å². The molecular weight excluding hydrogens is 254 g/mol. The highest BCUT2D eigenvalue weighted by Gasteiger charge is 2.32. The lowest BCUT2D eigenvalue weighted by molar-refractivity contribution is 0.159. The summed E-state index contributed by atoms with van der Waals surface area (Å²) in [6.45, 7) is 0.0829. The number of rotatable bonds is 3. The summed E-state index contributed by atoms with van der Waals surface area (Å²) in [5.74, 6) is 0. The average Bonchev–Trinajstić information content (AvgIpc) is 2.29. The van der Waals surface area contributed by atoms with Gasteiger partial charge in [-0.1, -0.05) is 24.1 Å². The number of halogens is 1. The Labute approximate surface area is 112 Å². The monoisotopic (exact) mass is 271 g/mol. The Kier molecular flexibility index (Phi) is 4.36. The number of aliphatic hydroxyl groups excluding tert-OH is 1. The zero-order chi connectivity index (χ0) is 12.3. The van der Waals surface area contributed by atoms with Crippen LogP contribution in [-0.4, -0.2) is 22.5 Å². The quantitative estimate of drug-likeness (QED) is 0.888. The number of thioether (sulfide) groups is 1. The van der Waals surface area contributed by atoms with E-state index in [0.29, 0.717) is 5.25 Å². The maximum absolute atomic E-state index is 9.32. The van der Waals surface area contributed by atoms with Gasteiger partial charge in [0.1, 0.15) is 0 Å². The Bertz CT molecular complexity index is 387. The van der Waals surface area contributed by atoms with E-state index >= 15 is 0 Å². The second kappa shape index (κ2) is 5.61. The molecule has 1 saturated carbocycles. The first kappa shape index (κ1) is 13.2. The van der Waals surface area contributed by atoms with E-state index in [9.17, 15) is 5.11 Å². The fourth-order valence-corrected chi connectivity index (χ4v) is 4.01. The van der Waals surface area contributed by atoms with Gasteiger partial charge in [-0.3, -0.25) is 0 Å². The molecule has 0 spiro atoms. The van der Waals surface area contributed by atoms with Crippen LogP contribution in [0.2, 0.25) is 5.02 Å². The van der Waals surface area contributed by atoms with E-state index in [-0.39, 0.29) is 12.1 Å². The number of hydrogen-bond acceptors (Lipinski definition) is 3. The summed E-state index contributed by atoms with van der Waals surface area (Å²) in [5.41, 5.74) is 5.76. The molecule has 0 heterocycles. The van der Waals surface area contributed by atoms with Gasteiger partial charge in [-0.25, -0.2) is 0 Å². The predicted molar refractivity (Wildman–Crippen MR) is 73.6 cm³/mol. The lowest BCUT2D eigenvalue weighted by Gasteiger charge is -2.36. The van der Waals surface area contributed by atoms with Crippen molar-refractivity contribution in [1.29, 1.82) is 0 Å². The van der Waals surface area contributed by atoms with E-state index in [1.54, 1.807) is 0 Å². The van der Waals surface area contributed by atoms with Gasteiger partial charge in [0, 0.05) is 20.7 Å². The normalized spacial score (nSPS) is 29.2. The van der Waals surface area contributed by atoms with Crippen molar-refractivity contribution >= 4 is 23.4 Å². The van der Waals surface area contributed by atoms with E-state index in [2.05, 4.69) is 6.07 Å². The Balaban J connectivity index is 1.99. The number of nitrogens with two attached hydrogens (primary N) is 1. The summed E-state index contributed by atoms with van der Waals surface area (Å²) in [4.78, 5) is 1.18. The van der Waals surface area contributed by atoms with E-state index < -0.39 is 0 Å². The largest absolute Gasteiger partial charge is 0.394 e. The molecule has 3 N–H and O–H groups in total. The van der Waals surface area contributed by atoms with E-state index in [1.807, 2.05) is 30.0 Å². The third-order valence-electron chi connectivity index (χ3n) is 3.25. The molecule has 1 aromatic rings. The molecule has 0 radical (unpaired) electrons. The molecule has 1 aliphatic carbocycles. The SMILES string of the molecule is NC1(CO)CCCC(Sc2cccc(Cl)c2)C1. The Morgan fingerprint density at radius 2 is 2.35 bits per heavy atom. The summed E-state index contributed by atoms with van der Waals surface area (Å²) in [7, 11) is 0. The van der Waals surface area contributed by atoms with Crippen molar-refractivity contribution in [3.63, 3.8) is 0 Å². The summed E-state index contributed by atoms with van der Waals surface area (Å²) < 4.78 is 0. The fourth-order valence-electron chi connectivity index (χ4n) is 2.32. The third kappa shape index (κ3) is 3.62. The number of aliphatic hydroxyl groups is 1. The molecule has 94 valence electrons. The molecule has 4 heteroatoms. The minimum Gasteiger partial charge on any atom is -0.394 e. The van der Waals surface area contributed by atoms with Gasteiger partial charge in [0.15, 0.2) is 0 Å². The average molecular weight is 272 g/mol. The first-order valence-corrected chi connectivity index (χ1v) is 7.19. The fraction of sp³-hybridized carbons (Fsp3) is 0.538. The van der Waals surface area contributed by atoms with Gasteiger partial charge in [0.25, 0.3) is 0 Å². The van der Waals surface area contributed by atoms with Crippen LogP contribution in [-0.2, 0) is 0 Å². The summed E-state index contributed by atoms with van der Waals surface area (Å²) in [5, 5.41) is 10.6. The number of hydrogen-bond donors (Lipinski definition) is 2. The van der Waals surface area contributed by atoms with Crippen LogP contribution >= 0.6 is 23.4 Å². The van der Waals surface area contributed by atoms with Gasteiger partial charge >= 0.3 is 0 Å². The van der Waals surface area contributed by atoms with Gasteiger partial charge in [-0.15, -0.1) is 11.8 Å². The van der Waals surface area contributed by atoms with Crippen LogP contribution in [0.15, 0.2) is 29.2 Å². The van der Waals surface area contributed by atoms with Crippen molar-refractivity contribution in [1.82, 2.24) is 0 Å². The van der Waals surface area contributed by atoms with Crippen molar-refractivity contribution < 1.29 is 5.11 Å². The maximum atomic E-state index is 9.32. The minimum atomic E-state index is -0.380. The molecule has 2 unspecified atom stereocenters. The Hall–Kier alpha value is -0.220. The maximum Gasteiger partial charge on any atom is 0.0611 e. The lowest BCUT2D eigenvalue weighted by Crippen LogP contribution is -2.48. The molecule has 1 aromatic carbocycles. The minimum absolute atomic E-state index is 0.0829. The molecule has 0 bridgehead atoms. The molecule has 0 saturated heterocycles. The van der Waals surface area contributed by atoms with E-state index in [4.69, 9.17) is 17.3 Å². The highest BCUT2D eigenvalue weighted by Crippen LogP contribution is 2.37. The molecule has 17 heavy (non-hydrogen) atoms. The Morgan fingerprint density at radius 1 is 1.53 bits per heavy atom. The highest BCUT2D eigenvalue weighted by molar-refractivity contribution is 8.00. The molecule has 0 amide bonds. The van der Waals surface area contributed by atoms with Crippen molar-refractivity contribution in [2.45, 2.75) is 41.4 Å². The van der Waals surface area contributed by atoms with Gasteiger partial charge in [-0.2, -0.15) is 0 Å². The van der Waals surface area contributed by atoms with E-state index in [1.165, 1.54) is 4.90 Å². The smallest absolute Gasteiger partial charge is 0.0611 e. The summed E-state index contributed by atoms with van der Waals surface area (Å²) in [6, 6.07) is 7.91.